The summed E-state index contributed by atoms with van der Waals surface area (Å²) in [6.45, 7) is 5.16. The lowest BCUT2D eigenvalue weighted by Gasteiger charge is -2.22. The van der Waals surface area contributed by atoms with Crippen LogP contribution in [0.25, 0.3) is 0 Å². The van der Waals surface area contributed by atoms with E-state index in [-0.39, 0.29) is 0 Å². The Morgan fingerprint density at radius 1 is 1.47 bits per heavy atom. The Kier molecular flexibility index (Phi) is 4.18. The van der Waals surface area contributed by atoms with Crippen molar-refractivity contribution in [3.8, 4) is 0 Å². The van der Waals surface area contributed by atoms with Gasteiger partial charge in [-0.15, -0.1) is 11.3 Å². The van der Waals surface area contributed by atoms with Gasteiger partial charge in [0.2, 0.25) is 0 Å². The van der Waals surface area contributed by atoms with Crippen LogP contribution >= 0.6 is 11.3 Å². The number of thiophene rings is 1. The Balaban J connectivity index is 1.76. The van der Waals surface area contributed by atoms with E-state index in [0.29, 0.717) is 6.10 Å². The van der Waals surface area contributed by atoms with Gasteiger partial charge < -0.3 is 10.1 Å². The SMILES string of the molecule is CCc1ccc(COC2CCCNC2)s1. The minimum absolute atomic E-state index is 0.422. The maximum atomic E-state index is 5.87. The lowest BCUT2D eigenvalue weighted by molar-refractivity contribution is 0.0267. The number of hydrogen-bond acceptors (Lipinski definition) is 3. The topological polar surface area (TPSA) is 21.3 Å². The molecule has 1 unspecified atom stereocenters. The molecule has 84 valence electrons. The summed E-state index contributed by atoms with van der Waals surface area (Å²) in [5.74, 6) is 0. The molecule has 3 heteroatoms. The second kappa shape index (κ2) is 5.64. The van der Waals surface area contributed by atoms with Gasteiger partial charge in [0.25, 0.3) is 0 Å². The zero-order valence-corrected chi connectivity index (χ0v) is 10.1. The van der Waals surface area contributed by atoms with Crippen LogP contribution in [0.1, 0.15) is 29.5 Å². The summed E-state index contributed by atoms with van der Waals surface area (Å²) in [4.78, 5) is 2.81. The fraction of sp³-hybridized carbons (Fsp3) is 0.667. The molecule has 0 aromatic carbocycles. The zero-order chi connectivity index (χ0) is 10.5. The van der Waals surface area contributed by atoms with E-state index in [2.05, 4.69) is 24.4 Å². The van der Waals surface area contributed by atoms with E-state index in [4.69, 9.17) is 4.74 Å². The summed E-state index contributed by atoms with van der Waals surface area (Å²) in [5, 5.41) is 3.37. The molecule has 0 amide bonds. The molecule has 2 heterocycles. The Labute approximate surface area is 95.6 Å². The Morgan fingerprint density at radius 2 is 2.33 bits per heavy atom. The highest BCUT2D eigenvalue weighted by Gasteiger charge is 2.13. The lowest BCUT2D eigenvalue weighted by atomic mass is 10.1. The first kappa shape index (κ1) is 11.1. The van der Waals surface area contributed by atoms with Gasteiger partial charge in [0.05, 0.1) is 12.7 Å². The molecule has 0 spiro atoms. The van der Waals surface area contributed by atoms with E-state index in [0.717, 1.165) is 26.1 Å². The fourth-order valence-electron chi connectivity index (χ4n) is 1.85. The molecule has 2 nitrogen and oxygen atoms in total. The molecule has 1 N–H and O–H groups in total. The largest absolute Gasteiger partial charge is 0.371 e. The number of rotatable bonds is 4. The monoisotopic (exact) mass is 225 g/mol. The molecule has 15 heavy (non-hydrogen) atoms. The van der Waals surface area contributed by atoms with Crippen LogP contribution in [0.2, 0.25) is 0 Å². The first-order chi connectivity index (χ1) is 7.38. The summed E-state index contributed by atoms with van der Waals surface area (Å²) < 4.78 is 5.87. The molecule has 0 saturated carbocycles. The molecule has 1 aliphatic rings. The van der Waals surface area contributed by atoms with Crippen LogP contribution in [-0.4, -0.2) is 19.2 Å². The van der Waals surface area contributed by atoms with Crippen molar-refractivity contribution in [3.05, 3.63) is 21.9 Å². The van der Waals surface area contributed by atoms with Gasteiger partial charge in [-0.2, -0.15) is 0 Å². The second-order valence-corrected chi connectivity index (χ2v) is 5.25. The molecule has 0 aliphatic carbocycles. The molecule has 2 rings (SSSR count). The number of piperidine rings is 1. The third kappa shape index (κ3) is 3.30. The Hall–Kier alpha value is -0.380. The van der Waals surface area contributed by atoms with Gasteiger partial charge in [0.15, 0.2) is 0 Å². The number of nitrogens with one attached hydrogen (secondary N) is 1. The van der Waals surface area contributed by atoms with Gasteiger partial charge in [-0.3, -0.25) is 0 Å². The molecule has 1 saturated heterocycles. The number of hydrogen-bond donors (Lipinski definition) is 1. The first-order valence-corrected chi connectivity index (χ1v) is 6.60. The summed E-state index contributed by atoms with van der Waals surface area (Å²) in [5.41, 5.74) is 0. The number of ether oxygens (including phenoxy) is 1. The maximum absolute atomic E-state index is 5.87. The summed E-state index contributed by atoms with van der Waals surface area (Å²) in [6.07, 6.45) is 4.01. The predicted molar refractivity (Wildman–Crippen MR) is 64.4 cm³/mol. The van der Waals surface area contributed by atoms with Crippen LogP contribution in [0, 0.1) is 0 Å². The predicted octanol–water partition coefficient (Wildman–Crippen LogP) is 2.58. The summed E-state index contributed by atoms with van der Waals surface area (Å²) in [7, 11) is 0. The normalized spacial score (nSPS) is 21.8. The highest BCUT2D eigenvalue weighted by atomic mass is 32.1. The van der Waals surface area contributed by atoms with Gasteiger partial charge in [-0.1, -0.05) is 6.92 Å². The van der Waals surface area contributed by atoms with Gasteiger partial charge in [-0.25, -0.2) is 0 Å². The van der Waals surface area contributed by atoms with Crippen LogP contribution in [-0.2, 0) is 17.8 Å². The van der Waals surface area contributed by atoms with E-state index in [1.807, 2.05) is 11.3 Å². The Morgan fingerprint density at radius 3 is 3.00 bits per heavy atom. The molecule has 1 atom stereocenters. The molecule has 1 fully saturated rings. The van der Waals surface area contributed by atoms with Crippen molar-refractivity contribution in [2.45, 2.75) is 38.9 Å². The van der Waals surface area contributed by atoms with Crippen molar-refractivity contribution >= 4 is 11.3 Å². The molecule has 1 aromatic heterocycles. The molecular weight excluding hydrogens is 206 g/mol. The summed E-state index contributed by atoms with van der Waals surface area (Å²) >= 11 is 1.88. The van der Waals surface area contributed by atoms with E-state index >= 15 is 0 Å². The highest BCUT2D eigenvalue weighted by Crippen LogP contribution is 2.19. The molecule has 1 aliphatic heterocycles. The maximum Gasteiger partial charge on any atom is 0.0813 e. The van der Waals surface area contributed by atoms with Crippen molar-refractivity contribution in [3.63, 3.8) is 0 Å². The van der Waals surface area contributed by atoms with Crippen LogP contribution in [0.15, 0.2) is 12.1 Å². The van der Waals surface area contributed by atoms with Crippen LogP contribution in [0.5, 0.6) is 0 Å². The van der Waals surface area contributed by atoms with E-state index < -0.39 is 0 Å². The zero-order valence-electron chi connectivity index (χ0n) is 9.29. The van der Waals surface area contributed by atoms with Crippen molar-refractivity contribution in [1.82, 2.24) is 5.32 Å². The lowest BCUT2D eigenvalue weighted by Crippen LogP contribution is -2.35. The van der Waals surface area contributed by atoms with Gasteiger partial charge in [0, 0.05) is 16.3 Å². The van der Waals surface area contributed by atoms with Crippen LogP contribution in [0.4, 0.5) is 0 Å². The third-order valence-electron chi connectivity index (χ3n) is 2.78. The van der Waals surface area contributed by atoms with Gasteiger partial charge in [0.1, 0.15) is 0 Å². The fourth-order valence-corrected chi connectivity index (χ4v) is 2.73. The smallest absolute Gasteiger partial charge is 0.0813 e. The highest BCUT2D eigenvalue weighted by molar-refractivity contribution is 7.11. The van der Waals surface area contributed by atoms with Crippen molar-refractivity contribution in [2.75, 3.05) is 13.1 Å². The van der Waals surface area contributed by atoms with Crippen molar-refractivity contribution in [1.29, 1.82) is 0 Å². The van der Waals surface area contributed by atoms with Crippen LogP contribution in [0.3, 0.4) is 0 Å². The minimum atomic E-state index is 0.422. The van der Waals surface area contributed by atoms with Crippen LogP contribution < -0.4 is 5.32 Å². The quantitative estimate of drug-likeness (QED) is 0.850. The number of aryl methyl sites for hydroxylation is 1. The van der Waals surface area contributed by atoms with Gasteiger partial charge >= 0.3 is 0 Å². The third-order valence-corrected chi connectivity index (χ3v) is 3.98. The van der Waals surface area contributed by atoms with Gasteiger partial charge in [-0.05, 0) is 37.9 Å². The first-order valence-electron chi connectivity index (χ1n) is 5.78. The van der Waals surface area contributed by atoms with Crippen molar-refractivity contribution in [2.24, 2.45) is 0 Å². The standard InChI is InChI=1S/C12H19NOS/c1-2-11-5-6-12(15-11)9-14-10-4-3-7-13-8-10/h5-6,10,13H,2-4,7-9H2,1H3. The Bertz CT molecular complexity index is 292. The second-order valence-electron chi connectivity index (χ2n) is 4.00. The molecule has 0 bridgehead atoms. The van der Waals surface area contributed by atoms with E-state index in [1.54, 1.807) is 0 Å². The molecular formula is C12H19NOS. The van der Waals surface area contributed by atoms with E-state index in [9.17, 15) is 0 Å². The van der Waals surface area contributed by atoms with Crippen molar-refractivity contribution < 1.29 is 4.74 Å². The minimum Gasteiger partial charge on any atom is -0.371 e. The average molecular weight is 225 g/mol. The van der Waals surface area contributed by atoms with E-state index in [1.165, 1.54) is 22.6 Å². The molecule has 0 radical (unpaired) electrons. The summed E-state index contributed by atoms with van der Waals surface area (Å²) in [6, 6.07) is 4.40. The average Bonchev–Trinajstić information content (AvgIpc) is 2.76. The molecule has 1 aromatic rings.